The van der Waals surface area contributed by atoms with Gasteiger partial charge in [-0.15, -0.1) is 0 Å². The van der Waals surface area contributed by atoms with Crippen molar-refractivity contribution in [1.29, 1.82) is 0 Å². The number of carbonyl (C=O) groups excluding carboxylic acids is 1. The zero-order valence-electron chi connectivity index (χ0n) is 16.4. The summed E-state index contributed by atoms with van der Waals surface area (Å²) in [5.74, 6) is -8.57. The number of hydrogen-bond acceptors (Lipinski definition) is 5. The van der Waals surface area contributed by atoms with Crippen LogP contribution in [0.15, 0.2) is 12.2 Å². The Morgan fingerprint density at radius 3 is 2.18 bits per heavy atom. The Morgan fingerprint density at radius 1 is 1.00 bits per heavy atom. The van der Waals surface area contributed by atoms with Crippen molar-refractivity contribution in [3.63, 3.8) is 0 Å². The second kappa shape index (κ2) is 11.5. The Labute approximate surface area is 164 Å². The number of ether oxygens (including phenoxy) is 1. The van der Waals surface area contributed by atoms with Gasteiger partial charge in [0, 0.05) is 0 Å². The third-order valence-electron chi connectivity index (χ3n) is 5.11. The minimum atomic E-state index is -1.28. The summed E-state index contributed by atoms with van der Waals surface area (Å²) in [5.41, 5.74) is 0. The van der Waals surface area contributed by atoms with Gasteiger partial charge in [0.1, 0.15) is 6.10 Å². The molecule has 0 saturated carbocycles. The first kappa shape index (κ1) is 23.7. The fourth-order valence-electron chi connectivity index (χ4n) is 3.59. The summed E-state index contributed by atoms with van der Waals surface area (Å²) < 4.78 is 5.58. The van der Waals surface area contributed by atoms with Crippen molar-refractivity contribution in [2.24, 2.45) is 23.7 Å². The van der Waals surface area contributed by atoms with E-state index in [1.165, 1.54) is 12.2 Å². The molecule has 5 atom stereocenters. The molecule has 158 valence electrons. The maximum absolute atomic E-state index is 12.7. The van der Waals surface area contributed by atoms with Crippen molar-refractivity contribution < 1.29 is 39.2 Å². The zero-order valence-corrected chi connectivity index (χ0v) is 16.4. The number of hydrogen-bond donors (Lipinski definition) is 3. The first-order chi connectivity index (χ1) is 13.2. The third-order valence-corrected chi connectivity index (χ3v) is 5.11. The van der Waals surface area contributed by atoms with Crippen LogP contribution in [0.1, 0.15) is 58.8 Å². The summed E-state index contributed by atoms with van der Waals surface area (Å²) in [4.78, 5) is 46.8. The summed E-state index contributed by atoms with van der Waals surface area (Å²) in [7, 11) is 0. The minimum Gasteiger partial charge on any atom is -0.481 e. The van der Waals surface area contributed by atoms with Gasteiger partial charge in [0.25, 0.3) is 0 Å². The van der Waals surface area contributed by atoms with Crippen molar-refractivity contribution in [2.75, 3.05) is 0 Å². The molecule has 0 aromatic carbocycles. The van der Waals surface area contributed by atoms with Crippen LogP contribution in [-0.4, -0.2) is 45.3 Å². The van der Waals surface area contributed by atoms with Gasteiger partial charge in [-0.05, 0) is 25.2 Å². The lowest BCUT2D eigenvalue weighted by Gasteiger charge is -2.31. The quantitative estimate of drug-likeness (QED) is 0.337. The van der Waals surface area contributed by atoms with Crippen molar-refractivity contribution in [3.8, 4) is 0 Å². The van der Waals surface area contributed by atoms with Gasteiger partial charge >= 0.3 is 23.9 Å². The molecular formula is C20H30O8. The van der Waals surface area contributed by atoms with Gasteiger partial charge in [0.2, 0.25) is 0 Å². The van der Waals surface area contributed by atoms with Crippen LogP contribution in [0.2, 0.25) is 0 Å². The Hall–Kier alpha value is -2.38. The van der Waals surface area contributed by atoms with Crippen LogP contribution in [0.25, 0.3) is 0 Å². The lowest BCUT2D eigenvalue weighted by atomic mass is 9.73. The van der Waals surface area contributed by atoms with Gasteiger partial charge in [-0.1, -0.05) is 45.3 Å². The highest BCUT2D eigenvalue weighted by Gasteiger charge is 2.41. The van der Waals surface area contributed by atoms with Crippen LogP contribution in [0, 0.1) is 23.7 Å². The van der Waals surface area contributed by atoms with Gasteiger partial charge in [-0.2, -0.15) is 0 Å². The van der Waals surface area contributed by atoms with Gasteiger partial charge in [0.05, 0.1) is 24.2 Å². The second-order valence-corrected chi connectivity index (χ2v) is 7.29. The van der Waals surface area contributed by atoms with E-state index >= 15 is 0 Å². The third kappa shape index (κ3) is 6.98. The molecule has 1 rings (SSSR count). The number of unbranched alkanes of at least 4 members (excludes halogenated alkanes) is 1. The molecule has 28 heavy (non-hydrogen) atoms. The van der Waals surface area contributed by atoms with Gasteiger partial charge in [-0.3, -0.25) is 19.2 Å². The number of carboxylic acid groups (broad SMARTS) is 3. The fraction of sp³-hybridized carbons (Fsp3) is 0.700. The van der Waals surface area contributed by atoms with Crippen molar-refractivity contribution in [3.05, 3.63) is 12.2 Å². The molecule has 0 amide bonds. The SMILES string of the molecule is CCCCC(CCC)OC(=O)C(CC(=O)O)C1C=CC(C(=O)O)C(C(=O)O)C1. The highest BCUT2D eigenvalue weighted by atomic mass is 16.5. The summed E-state index contributed by atoms with van der Waals surface area (Å²) in [6.45, 7) is 3.99. The predicted octanol–water partition coefficient (Wildman–Crippen LogP) is 2.96. The monoisotopic (exact) mass is 398 g/mol. The molecule has 5 unspecified atom stereocenters. The molecular weight excluding hydrogens is 368 g/mol. The molecule has 3 N–H and O–H groups in total. The first-order valence-corrected chi connectivity index (χ1v) is 9.77. The standard InChI is InChI=1S/C20H30O8/c1-3-5-7-13(6-4-2)28-20(27)15(11-17(21)22)12-8-9-14(18(23)24)16(10-12)19(25)26/h8-9,12-16H,3-7,10-11H2,1-2H3,(H,21,22)(H,23,24)(H,25,26). The van der Waals surface area contributed by atoms with E-state index in [0.29, 0.717) is 12.8 Å². The molecule has 1 aliphatic rings. The summed E-state index contributed by atoms with van der Waals surface area (Å²) in [6, 6.07) is 0. The zero-order chi connectivity index (χ0) is 21.3. The molecule has 0 aromatic heterocycles. The van der Waals surface area contributed by atoms with Crippen molar-refractivity contribution in [1.82, 2.24) is 0 Å². The van der Waals surface area contributed by atoms with E-state index in [4.69, 9.17) is 4.74 Å². The van der Waals surface area contributed by atoms with Crippen LogP contribution >= 0.6 is 0 Å². The smallest absolute Gasteiger partial charge is 0.311 e. The van der Waals surface area contributed by atoms with E-state index in [1.54, 1.807) is 0 Å². The molecule has 8 nitrogen and oxygen atoms in total. The fourth-order valence-corrected chi connectivity index (χ4v) is 3.59. The van der Waals surface area contributed by atoms with E-state index in [9.17, 15) is 34.5 Å². The molecule has 0 saturated heterocycles. The lowest BCUT2D eigenvalue weighted by Crippen LogP contribution is -2.38. The highest BCUT2D eigenvalue weighted by Crippen LogP contribution is 2.35. The Morgan fingerprint density at radius 2 is 1.68 bits per heavy atom. The highest BCUT2D eigenvalue weighted by molar-refractivity contribution is 5.83. The molecule has 0 bridgehead atoms. The number of rotatable bonds is 12. The van der Waals surface area contributed by atoms with Crippen LogP contribution in [0.4, 0.5) is 0 Å². The first-order valence-electron chi connectivity index (χ1n) is 9.77. The van der Waals surface area contributed by atoms with Crippen LogP contribution < -0.4 is 0 Å². The van der Waals surface area contributed by atoms with E-state index in [2.05, 4.69) is 0 Å². The molecule has 8 heteroatoms. The lowest BCUT2D eigenvalue weighted by molar-refractivity contribution is -0.161. The molecule has 0 aromatic rings. The van der Waals surface area contributed by atoms with E-state index in [-0.39, 0.29) is 12.5 Å². The van der Waals surface area contributed by atoms with E-state index in [1.807, 2.05) is 13.8 Å². The normalized spacial score (nSPS) is 23.6. The number of carbonyl (C=O) groups is 4. The average Bonchev–Trinajstić information content (AvgIpc) is 2.63. The molecule has 0 radical (unpaired) electrons. The van der Waals surface area contributed by atoms with E-state index < -0.39 is 54.0 Å². The number of esters is 1. The Bertz CT molecular complexity index is 597. The Kier molecular flexibility index (Phi) is 9.68. The number of carboxylic acids is 3. The average molecular weight is 398 g/mol. The van der Waals surface area contributed by atoms with Gasteiger partial charge in [0.15, 0.2) is 0 Å². The number of allylic oxidation sites excluding steroid dienone is 1. The summed E-state index contributed by atoms with van der Waals surface area (Å²) >= 11 is 0. The van der Waals surface area contributed by atoms with Crippen molar-refractivity contribution >= 4 is 23.9 Å². The number of aliphatic carboxylic acids is 3. The van der Waals surface area contributed by atoms with Crippen LogP contribution in [0.5, 0.6) is 0 Å². The molecule has 0 aliphatic heterocycles. The van der Waals surface area contributed by atoms with Crippen molar-refractivity contribution in [2.45, 2.75) is 64.9 Å². The molecule has 1 aliphatic carbocycles. The summed E-state index contributed by atoms with van der Waals surface area (Å²) in [5, 5.41) is 27.8. The maximum atomic E-state index is 12.7. The maximum Gasteiger partial charge on any atom is 0.311 e. The largest absolute Gasteiger partial charge is 0.481 e. The second-order valence-electron chi connectivity index (χ2n) is 7.29. The van der Waals surface area contributed by atoms with Gasteiger partial charge < -0.3 is 20.1 Å². The summed E-state index contributed by atoms with van der Waals surface area (Å²) in [6.07, 6.45) is 5.78. The minimum absolute atomic E-state index is 0.122. The van der Waals surface area contributed by atoms with Crippen LogP contribution in [0.3, 0.4) is 0 Å². The predicted molar refractivity (Wildman–Crippen MR) is 99.6 cm³/mol. The van der Waals surface area contributed by atoms with Gasteiger partial charge in [-0.25, -0.2) is 0 Å². The van der Waals surface area contributed by atoms with E-state index in [0.717, 1.165) is 19.3 Å². The van der Waals surface area contributed by atoms with Crippen LogP contribution in [-0.2, 0) is 23.9 Å². The molecule has 0 heterocycles. The topological polar surface area (TPSA) is 138 Å². The Balaban J connectivity index is 3.01. The molecule has 0 spiro atoms. The molecule has 0 fully saturated rings.